The zero-order chi connectivity index (χ0) is 20.4. The summed E-state index contributed by atoms with van der Waals surface area (Å²) in [6, 6.07) is 3.64. The van der Waals surface area contributed by atoms with E-state index in [1.165, 1.54) is 22.7 Å². The molecule has 0 bridgehead atoms. The molecule has 2 heterocycles. The molecule has 0 aromatic carbocycles. The molecule has 0 aliphatic carbocycles. The van der Waals surface area contributed by atoms with Crippen LogP contribution < -0.4 is 16.8 Å². The van der Waals surface area contributed by atoms with E-state index in [0.29, 0.717) is 23.2 Å². The molecule has 2 rings (SSSR count). The van der Waals surface area contributed by atoms with Crippen molar-refractivity contribution in [3.05, 3.63) is 43.6 Å². The van der Waals surface area contributed by atoms with Crippen LogP contribution in [0.25, 0.3) is 0 Å². The second-order valence-corrected chi connectivity index (χ2v) is 8.37. The summed E-state index contributed by atoms with van der Waals surface area (Å²) >= 11 is 4.40. The number of nitrogens with zero attached hydrogens (tertiary/aromatic N) is 4. The second-order valence-electron chi connectivity index (χ2n) is 5.45. The highest BCUT2D eigenvalue weighted by atomic mass is 32.2. The minimum Gasteiger partial charge on any atom is -0.386 e. The normalized spacial score (nSPS) is 12.5. The fraction of sp³-hybridized carbons (Fsp3) is 0.400. The standard InChI is InChI=1S/C15H21N7O3S3/c16-14(17)21-15-20-10(9-28-15)8-26-5-3-18-13(7-22(24)25)19-6-11(23)12-2-1-4-27-12/h1-2,4,9,11,23H,3,5-8H2,(H,18,19)(H4,16,17,20,21). The van der Waals surface area contributed by atoms with Gasteiger partial charge in [-0.1, -0.05) is 6.07 Å². The summed E-state index contributed by atoms with van der Waals surface area (Å²) in [6.07, 6.45) is -0.762. The van der Waals surface area contributed by atoms with Crippen molar-refractivity contribution in [2.24, 2.45) is 21.5 Å². The molecule has 0 aliphatic heterocycles. The van der Waals surface area contributed by atoms with Gasteiger partial charge in [0, 0.05) is 33.2 Å². The summed E-state index contributed by atoms with van der Waals surface area (Å²) < 4.78 is 0. The Morgan fingerprint density at radius 3 is 2.96 bits per heavy atom. The van der Waals surface area contributed by atoms with Crippen molar-refractivity contribution >= 4 is 51.4 Å². The number of aliphatic hydroxyl groups excluding tert-OH is 1. The number of aliphatic imine (C=N–C) groups is 2. The van der Waals surface area contributed by atoms with Crippen LogP contribution in [-0.4, -0.2) is 52.2 Å². The highest BCUT2D eigenvalue weighted by Crippen LogP contribution is 2.21. The molecule has 6 N–H and O–H groups in total. The fourth-order valence-corrected chi connectivity index (χ4v) is 4.28. The summed E-state index contributed by atoms with van der Waals surface area (Å²) in [5, 5.41) is 28.1. The first-order chi connectivity index (χ1) is 13.4. The smallest absolute Gasteiger partial charge is 0.259 e. The molecule has 28 heavy (non-hydrogen) atoms. The molecule has 0 saturated carbocycles. The Labute approximate surface area is 173 Å². The van der Waals surface area contributed by atoms with E-state index in [0.717, 1.165) is 10.6 Å². The van der Waals surface area contributed by atoms with E-state index >= 15 is 0 Å². The Morgan fingerprint density at radius 2 is 2.29 bits per heavy atom. The molecule has 0 radical (unpaired) electrons. The minimum atomic E-state index is -0.762. The first-order valence-electron chi connectivity index (χ1n) is 8.16. The lowest BCUT2D eigenvalue weighted by Crippen LogP contribution is -2.32. The number of hydrogen-bond acceptors (Lipinski definition) is 9. The Hall–Kier alpha value is -2.22. The van der Waals surface area contributed by atoms with E-state index in [2.05, 4.69) is 20.3 Å². The first kappa shape index (κ1) is 22.1. The molecule has 1 unspecified atom stereocenters. The molecule has 0 aliphatic rings. The Morgan fingerprint density at radius 1 is 1.46 bits per heavy atom. The molecule has 152 valence electrons. The number of nitrogens with one attached hydrogen (secondary N) is 1. The largest absolute Gasteiger partial charge is 0.386 e. The molecule has 10 nitrogen and oxygen atoms in total. The number of thiophene rings is 1. The third-order valence-corrected chi connectivity index (χ3v) is 5.94. The van der Waals surface area contributed by atoms with Gasteiger partial charge in [0.25, 0.3) is 6.54 Å². The zero-order valence-electron chi connectivity index (χ0n) is 14.9. The van der Waals surface area contributed by atoms with Crippen LogP contribution in [0.4, 0.5) is 5.13 Å². The highest BCUT2D eigenvalue weighted by molar-refractivity contribution is 7.98. The number of nitro groups is 1. The molecule has 0 amide bonds. The maximum absolute atomic E-state index is 10.8. The molecule has 0 spiro atoms. The van der Waals surface area contributed by atoms with Gasteiger partial charge in [0.05, 0.1) is 12.2 Å². The van der Waals surface area contributed by atoms with Gasteiger partial charge in [0.1, 0.15) is 6.10 Å². The summed E-state index contributed by atoms with van der Waals surface area (Å²) in [7, 11) is 0. The van der Waals surface area contributed by atoms with Crippen LogP contribution in [-0.2, 0) is 5.75 Å². The molecule has 0 fully saturated rings. The van der Waals surface area contributed by atoms with E-state index in [-0.39, 0.29) is 18.3 Å². The van der Waals surface area contributed by atoms with Gasteiger partial charge in [0.2, 0.25) is 5.13 Å². The molecular weight excluding hydrogens is 422 g/mol. The molecule has 2 aromatic heterocycles. The summed E-state index contributed by atoms with van der Waals surface area (Å²) in [4.78, 5) is 23.5. The maximum Gasteiger partial charge on any atom is 0.259 e. The van der Waals surface area contributed by atoms with Crippen molar-refractivity contribution in [3.63, 3.8) is 0 Å². The molecule has 13 heteroatoms. The number of rotatable bonds is 11. The van der Waals surface area contributed by atoms with Crippen molar-refractivity contribution in [2.75, 3.05) is 25.4 Å². The number of nitrogens with two attached hydrogens (primary N) is 2. The van der Waals surface area contributed by atoms with Crippen LogP contribution in [0.1, 0.15) is 16.7 Å². The van der Waals surface area contributed by atoms with Crippen LogP contribution in [0.3, 0.4) is 0 Å². The predicted molar refractivity (Wildman–Crippen MR) is 115 cm³/mol. The number of amidine groups is 1. The monoisotopic (exact) mass is 443 g/mol. The topological polar surface area (TPSA) is 165 Å². The number of guanidine groups is 1. The Bertz CT molecular complexity index is 804. The molecule has 1 atom stereocenters. The van der Waals surface area contributed by atoms with Crippen LogP contribution in [0, 0.1) is 10.1 Å². The van der Waals surface area contributed by atoms with Gasteiger partial charge in [-0.05, 0) is 11.4 Å². The van der Waals surface area contributed by atoms with E-state index in [9.17, 15) is 15.2 Å². The van der Waals surface area contributed by atoms with E-state index in [1.807, 2.05) is 16.8 Å². The van der Waals surface area contributed by atoms with Gasteiger partial charge < -0.3 is 21.9 Å². The summed E-state index contributed by atoms with van der Waals surface area (Å²) in [5.74, 6) is 1.61. The molecule has 0 saturated heterocycles. The minimum absolute atomic E-state index is 0.0282. The third kappa shape index (κ3) is 8.21. The van der Waals surface area contributed by atoms with E-state index < -0.39 is 17.6 Å². The quantitative estimate of drug-likeness (QED) is 0.133. The number of thioether (sulfide) groups is 1. The van der Waals surface area contributed by atoms with Crippen molar-refractivity contribution < 1.29 is 10.0 Å². The van der Waals surface area contributed by atoms with Crippen LogP contribution in [0.5, 0.6) is 0 Å². The number of hydrogen-bond donors (Lipinski definition) is 4. The number of thiazole rings is 1. The number of aromatic nitrogens is 1. The lowest BCUT2D eigenvalue weighted by molar-refractivity contribution is -0.463. The maximum atomic E-state index is 10.8. The fourth-order valence-electron chi connectivity index (χ4n) is 2.02. The van der Waals surface area contributed by atoms with Gasteiger partial charge in [-0.2, -0.15) is 16.8 Å². The first-order valence-corrected chi connectivity index (χ1v) is 11.1. The molecule has 2 aromatic rings. The van der Waals surface area contributed by atoms with Gasteiger partial charge in [0.15, 0.2) is 11.8 Å². The average molecular weight is 444 g/mol. The van der Waals surface area contributed by atoms with Crippen LogP contribution in [0.2, 0.25) is 0 Å². The van der Waals surface area contributed by atoms with Crippen LogP contribution in [0.15, 0.2) is 32.9 Å². The summed E-state index contributed by atoms with van der Waals surface area (Å²) in [5.41, 5.74) is 11.5. The SMILES string of the molecule is NC(N)=Nc1nc(CSCCNC(C[N+](=O)[O-])=NCC(O)c2cccs2)cs1. The number of aliphatic hydroxyl groups is 1. The summed E-state index contributed by atoms with van der Waals surface area (Å²) in [6.45, 7) is 0.184. The van der Waals surface area contributed by atoms with Crippen molar-refractivity contribution in [3.8, 4) is 0 Å². The van der Waals surface area contributed by atoms with Crippen LogP contribution >= 0.6 is 34.4 Å². The van der Waals surface area contributed by atoms with Gasteiger partial charge in [-0.15, -0.1) is 22.7 Å². The lowest BCUT2D eigenvalue weighted by atomic mass is 10.3. The van der Waals surface area contributed by atoms with Gasteiger partial charge in [-0.3, -0.25) is 15.1 Å². The van der Waals surface area contributed by atoms with Gasteiger partial charge in [-0.25, -0.2) is 4.98 Å². The molecular formula is C15H21N7O3S3. The van der Waals surface area contributed by atoms with Crippen molar-refractivity contribution in [2.45, 2.75) is 11.9 Å². The van der Waals surface area contributed by atoms with E-state index in [4.69, 9.17) is 11.5 Å². The van der Waals surface area contributed by atoms with E-state index in [1.54, 1.807) is 17.8 Å². The van der Waals surface area contributed by atoms with Crippen molar-refractivity contribution in [1.82, 2.24) is 10.3 Å². The Kier molecular flexibility index (Phi) is 9.13. The van der Waals surface area contributed by atoms with Gasteiger partial charge >= 0.3 is 0 Å². The lowest BCUT2D eigenvalue weighted by Gasteiger charge is -2.09. The Balaban J connectivity index is 1.75. The highest BCUT2D eigenvalue weighted by Gasteiger charge is 2.11. The average Bonchev–Trinajstić information content (AvgIpc) is 3.30. The third-order valence-electron chi connectivity index (χ3n) is 3.20. The van der Waals surface area contributed by atoms with Crippen molar-refractivity contribution in [1.29, 1.82) is 0 Å². The predicted octanol–water partition coefficient (Wildman–Crippen LogP) is 1.34. The zero-order valence-corrected chi connectivity index (χ0v) is 17.3. The second kappa shape index (κ2) is 11.6.